The highest BCUT2D eigenvalue weighted by molar-refractivity contribution is 7.68. The Labute approximate surface area is 688 Å². The number of benzene rings is 10. The molecular weight excluding hydrogens is 1510 g/mol. The van der Waals surface area contributed by atoms with Crippen molar-refractivity contribution in [1.82, 2.24) is 0 Å². The molecule has 1 unspecified atom stereocenters. The van der Waals surface area contributed by atoms with E-state index >= 15 is 0 Å². The van der Waals surface area contributed by atoms with Gasteiger partial charge in [-0.1, -0.05) is 167 Å². The third-order valence-electron chi connectivity index (χ3n) is 20.9. The summed E-state index contributed by atoms with van der Waals surface area (Å²) in [6.07, 6.45) is 0. The first-order valence-corrected chi connectivity index (χ1v) is 43.6. The van der Waals surface area contributed by atoms with E-state index in [0.717, 1.165) is 161 Å². The first kappa shape index (κ1) is 86.6. The van der Waals surface area contributed by atoms with E-state index in [1.54, 1.807) is 21.3 Å². The molecule has 10 aromatic carbocycles. The number of hydrogen-bond acceptors (Lipinski definition) is 13. The number of aromatic hydroxyl groups is 2. The maximum absolute atomic E-state index is 10.2. The van der Waals surface area contributed by atoms with Gasteiger partial charge >= 0.3 is 23.8 Å². The zero-order chi connectivity index (χ0) is 84.7. The van der Waals surface area contributed by atoms with E-state index in [9.17, 15) is 10.2 Å². The molecule has 3 aromatic heterocycles. The first-order valence-electron chi connectivity index (χ1n) is 39.3. The number of rotatable bonds is 9. The summed E-state index contributed by atoms with van der Waals surface area (Å²) in [6, 6.07) is 41.7. The van der Waals surface area contributed by atoms with Crippen LogP contribution in [0.25, 0.3) is 88.1 Å². The maximum Gasteiger partial charge on any atom is 0.453 e. The highest BCUT2D eigenvalue weighted by Gasteiger charge is 2.32. The summed E-state index contributed by atoms with van der Waals surface area (Å²) >= 11 is 6.52. The second-order valence-electron chi connectivity index (χ2n) is 37.5. The van der Waals surface area contributed by atoms with Gasteiger partial charge in [0.2, 0.25) is 0 Å². The molecule has 0 fully saturated rings. The molecule has 1 atom stereocenters. The Kier molecular flexibility index (Phi) is 24.4. The van der Waals surface area contributed by atoms with Gasteiger partial charge < -0.3 is 58.7 Å². The summed E-state index contributed by atoms with van der Waals surface area (Å²) < 4.78 is 73.0. The van der Waals surface area contributed by atoms with Gasteiger partial charge in [0, 0.05) is 99.2 Å². The van der Waals surface area contributed by atoms with Crippen molar-refractivity contribution in [1.29, 1.82) is 0 Å². The topological polar surface area (TPSA) is 165 Å². The number of phenolic OH excluding ortho intramolecular Hbond substituents is 2. The molecule has 0 bridgehead atoms. The molecule has 610 valence electrons. The van der Waals surface area contributed by atoms with E-state index < -0.39 is 23.8 Å². The predicted molar refractivity (Wildman–Crippen MR) is 483 cm³/mol. The normalized spacial score (nSPS) is 12.4. The summed E-state index contributed by atoms with van der Waals surface area (Å²) in [6.45, 7) is 61.9. The van der Waals surface area contributed by atoms with Crippen LogP contribution in [-0.2, 0) is 32.5 Å². The first-order chi connectivity index (χ1) is 53.4. The summed E-state index contributed by atoms with van der Waals surface area (Å²) in [5, 5.41) is 26.0. The van der Waals surface area contributed by atoms with Crippen LogP contribution in [0.1, 0.15) is 219 Å². The predicted octanol–water partition coefficient (Wildman–Crippen LogP) is 31.5. The Hall–Kier alpha value is -9.21. The zero-order valence-corrected chi connectivity index (χ0v) is 77.1. The molecule has 0 aliphatic heterocycles. The van der Waals surface area contributed by atoms with E-state index in [4.69, 9.17) is 59.7 Å². The summed E-state index contributed by atoms with van der Waals surface area (Å²) in [5.74, 6) is 3.97. The van der Waals surface area contributed by atoms with Crippen molar-refractivity contribution in [3.63, 3.8) is 0 Å². The summed E-state index contributed by atoms with van der Waals surface area (Å²) in [7, 11) is -0.750. The molecule has 13 aromatic rings. The molecular formula is C98H118ClO13P3. The standard InChI is InChI=1S/C60H72O8P2.C22H28ClO3P.C16H18O2/c1-33-21-37(5)51(63-69-65-53-43(25-35(3)27-47(53)57(7,8)9)44-26-36(4)28-48(54(44)66-69)58(10,11)12)41(23-33)42-24-34(2)22-38(6)52(42)64-70-67-55-45(29-39(61-19)31-49(55)59(13,14)15)46-30-40(62-20)32-50(56(46)68-70)60(16,17)18;1-13-9-15-16-11-14(24-8)12-18(22(5,6)7)20(16)26-27(23)25-19(15)17(10-13)21(2,3)4;1-9-5-11(3)15(17)13(7-9)14-8-10(2)6-12(4)16(14)18/h21-32H,1-20H3;9-12H,1-8H3;5-8,17-18H,1-4H3. The maximum atomic E-state index is 10.2. The highest BCUT2D eigenvalue weighted by atomic mass is 35.7. The van der Waals surface area contributed by atoms with Crippen molar-refractivity contribution >= 4 is 101 Å². The second-order valence-corrected chi connectivity index (χ2v) is 41.1. The third-order valence-corrected chi connectivity index (χ3v) is 24.0. The Balaban J connectivity index is 0.000000233. The Bertz CT molecular complexity index is 5890. The fraction of sp³-hybridized carbons (Fsp3) is 0.388. The molecule has 0 saturated carbocycles. The van der Waals surface area contributed by atoms with Crippen LogP contribution >= 0.6 is 35.1 Å². The molecule has 13 nitrogen and oxygen atoms in total. The number of ether oxygens (including phenoxy) is 3. The number of hydrogen-bond donors (Lipinski definition) is 2. The van der Waals surface area contributed by atoms with Gasteiger partial charge in [-0.15, -0.1) is 0 Å². The van der Waals surface area contributed by atoms with Gasteiger partial charge in [0.25, 0.3) is 0 Å². The van der Waals surface area contributed by atoms with Gasteiger partial charge in [-0.2, -0.15) is 0 Å². The minimum Gasteiger partial charge on any atom is -0.507 e. The molecule has 2 N–H and O–H groups in total. The van der Waals surface area contributed by atoms with Gasteiger partial charge in [0.1, 0.15) is 73.7 Å². The smallest absolute Gasteiger partial charge is 0.453 e. The molecule has 115 heavy (non-hydrogen) atoms. The van der Waals surface area contributed by atoms with Crippen LogP contribution in [-0.4, -0.2) is 31.5 Å². The lowest BCUT2D eigenvalue weighted by molar-refractivity contribution is 0.413. The van der Waals surface area contributed by atoms with E-state index in [1.807, 2.05) is 76.2 Å². The Morgan fingerprint density at radius 1 is 0.261 bits per heavy atom. The van der Waals surface area contributed by atoms with E-state index in [1.165, 1.54) is 5.56 Å². The van der Waals surface area contributed by atoms with Gasteiger partial charge in [-0.25, -0.2) is 0 Å². The molecule has 3 heterocycles. The minimum absolute atomic E-state index is 0.0839. The average molecular weight is 1630 g/mol. The van der Waals surface area contributed by atoms with E-state index in [2.05, 4.69) is 246 Å². The molecule has 13 rings (SSSR count). The van der Waals surface area contributed by atoms with E-state index in [-0.39, 0.29) is 44.0 Å². The fourth-order valence-corrected chi connectivity index (χ4v) is 18.7. The molecule has 0 aliphatic carbocycles. The molecule has 17 heteroatoms. The number of fused-ring (bicyclic) bond motifs is 9. The van der Waals surface area contributed by atoms with Crippen LogP contribution < -0.4 is 23.3 Å². The lowest BCUT2D eigenvalue weighted by Crippen LogP contribution is -2.12. The largest absolute Gasteiger partial charge is 0.507 e. The van der Waals surface area contributed by atoms with Crippen molar-refractivity contribution in [3.05, 3.63) is 216 Å². The molecule has 0 radical (unpaired) electrons. The van der Waals surface area contributed by atoms with Crippen LogP contribution in [0.5, 0.6) is 40.2 Å². The average Bonchev–Trinajstić information content (AvgIpc) is 1.66. The van der Waals surface area contributed by atoms with Crippen molar-refractivity contribution in [2.24, 2.45) is 0 Å². The minimum atomic E-state index is -2.14. The lowest BCUT2D eigenvalue weighted by Gasteiger charge is -2.21. The Morgan fingerprint density at radius 2 is 0.470 bits per heavy atom. The van der Waals surface area contributed by atoms with E-state index in [0.29, 0.717) is 45.3 Å². The van der Waals surface area contributed by atoms with Gasteiger partial charge in [0.15, 0.2) is 0 Å². The highest BCUT2D eigenvalue weighted by Crippen LogP contribution is 2.54. The Morgan fingerprint density at radius 3 is 0.713 bits per heavy atom. The van der Waals surface area contributed by atoms with Crippen molar-refractivity contribution in [2.45, 2.75) is 233 Å². The lowest BCUT2D eigenvalue weighted by atomic mass is 9.83. The van der Waals surface area contributed by atoms with Crippen LogP contribution in [0.15, 0.2) is 147 Å². The van der Waals surface area contributed by atoms with Gasteiger partial charge in [-0.05, 0) is 249 Å². The van der Waals surface area contributed by atoms with Gasteiger partial charge in [0.05, 0.1) is 21.3 Å². The zero-order valence-electron chi connectivity index (χ0n) is 73.7. The van der Waals surface area contributed by atoms with Crippen molar-refractivity contribution in [2.75, 3.05) is 21.3 Å². The fourth-order valence-electron chi connectivity index (χ4n) is 15.2. The number of aryl methyl sites for hydroxylation is 11. The second kappa shape index (κ2) is 32.4. The van der Waals surface area contributed by atoms with Crippen LogP contribution in [0.4, 0.5) is 0 Å². The molecule has 0 spiro atoms. The van der Waals surface area contributed by atoms with Crippen molar-refractivity contribution in [3.8, 4) is 62.5 Å². The summed E-state index contributed by atoms with van der Waals surface area (Å²) in [5.41, 5.74) is 23.7. The van der Waals surface area contributed by atoms with Crippen molar-refractivity contribution < 1.29 is 58.7 Å². The summed E-state index contributed by atoms with van der Waals surface area (Å²) in [4.78, 5) is 0. The monoisotopic (exact) mass is 1630 g/mol. The van der Waals surface area contributed by atoms with Crippen LogP contribution in [0.3, 0.4) is 0 Å². The third kappa shape index (κ3) is 18.5. The molecule has 0 amide bonds. The van der Waals surface area contributed by atoms with Crippen LogP contribution in [0.2, 0.25) is 0 Å². The molecule has 0 saturated heterocycles. The quantitative estimate of drug-likeness (QED) is 0.140. The number of methoxy groups -OCH3 is 3. The molecule has 0 aliphatic rings. The SMILES string of the molecule is COc1cc(C(C)(C)C)c2op(Cl)oc3c(C(C)(C)C)cc(C)cc3c2c1.COc1cc(C(C)(C)C)c2op(Oc3c(C)cc(C)cc3-c3cc(C)cc(C)c3Op3oc4c(C(C)(C)C)cc(C)cc4c4cc(C)cc(C(C)(C)C)c4o3)oc3c(C(C)(C)C)cc(OC)cc3c2c1.Cc1cc(C)c(O)c(-c2cc(C)cc(C)c2O)c1. The van der Waals surface area contributed by atoms with Gasteiger partial charge in [-0.3, -0.25) is 0 Å². The number of halogens is 1. The van der Waals surface area contributed by atoms with Crippen LogP contribution in [0, 0.1) is 76.2 Å². The number of phenols is 2.